The Bertz CT molecular complexity index is 939. The van der Waals surface area contributed by atoms with E-state index in [2.05, 4.69) is 5.32 Å². The fourth-order valence-corrected chi connectivity index (χ4v) is 2.70. The molecule has 0 unspecified atom stereocenters. The van der Waals surface area contributed by atoms with Crippen molar-refractivity contribution in [1.29, 1.82) is 0 Å². The number of benzene rings is 2. The summed E-state index contributed by atoms with van der Waals surface area (Å²) in [5.41, 5.74) is 0.913. The minimum atomic E-state index is -0.709. The number of esters is 1. The maximum absolute atomic E-state index is 13.1. The monoisotopic (exact) mass is 388 g/mol. The fraction of sp³-hybridized carbons (Fsp3) is 0.105. The Balaban J connectivity index is 1.80. The van der Waals surface area contributed by atoms with E-state index in [4.69, 9.17) is 16.3 Å². The molecule has 1 N–H and O–H groups in total. The predicted molar refractivity (Wildman–Crippen MR) is 97.8 cm³/mol. The van der Waals surface area contributed by atoms with Crippen LogP contribution in [0.2, 0.25) is 0 Å². The number of hydrogen-bond acceptors (Lipinski definition) is 5. The van der Waals surface area contributed by atoms with Crippen molar-refractivity contribution in [2.24, 2.45) is 0 Å². The van der Waals surface area contributed by atoms with Crippen LogP contribution < -0.4 is 10.2 Å². The first-order valence-corrected chi connectivity index (χ1v) is 8.38. The van der Waals surface area contributed by atoms with Crippen molar-refractivity contribution in [1.82, 2.24) is 0 Å². The quantitative estimate of drug-likeness (QED) is 0.627. The highest BCUT2D eigenvalue weighted by atomic mass is 35.5. The third-order valence-electron chi connectivity index (χ3n) is 3.78. The standard InChI is InChI=1S/C19H14ClFN2O4/c1-2-27-19(26)11-3-7-13(8-4-11)22-16-15(20)17(24)23(18(16)25)14-9-5-12(21)6-10-14/h3-10,22H,2H2,1H3. The topological polar surface area (TPSA) is 75.7 Å². The molecule has 2 aromatic carbocycles. The molecule has 0 saturated carbocycles. The van der Waals surface area contributed by atoms with Gasteiger partial charge in [-0.1, -0.05) is 11.6 Å². The SMILES string of the molecule is CCOC(=O)c1ccc(NC2=C(Cl)C(=O)N(c3ccc(F)cc3)C2=O)cc1. The van der Waals surface area contributed by atoms with E-state index in [9.17, 15) is 18.8 Å². The molecule has 3 rings (SSSR count). The summed E-state index contributed by atoms with van der Waals surface area (Å²) in [5, 5.41) is 2.51. The number of anilines is 2. The number of nitrogens with one attached hydrogen (secondary N) is 1. The molecule has 1 heterocycles. The van der Waals surface area contributed by atoms with Gasteiger partial charge in [0, 0.05) is 5.69 Å². The van der Waals surface area contributed by atoms with Gasteiger partial charge in [0.1, 0.15) is 16.5 Å². The molecule has 6 nitrogen and oxygen atoms in total. The van der Waals surface area contributed by atoms with Crippen LogP contribution in [0.15, 0.2) is 59.3 Å². The van der Waals surface area contributed by atoms with Crippen molar-refractivity contribution in [3.63, 3.8) is 0 Å². The van der Waals surface area contributed by atoms with Crippen molar-refractivity contribution >= 4 is 40.8 Å². The van der Waals surface area contributed by atoms with Crippen molar-refractivity contribution in [2.75, 3.05) is 16.8 Å². The van der Waals surface area contributed by atoms with E-state index < -0.39 is 23.6 Å². The molecule has 2 aromatic rings. The number of carbonyl (C=O) groups excluding carboxylic acids is 3. The van der Waals surface area contributed by atoms with Crippen LogP contribution in [0.4, 0.5) is 15.8 Å². The third kappa shape index (κ3) is 3.68. The van der Waals surface area contributed by atoms with E-state index in [-0.39, 0.29) is 23.0 Å². The van der Waals surface area contributed by atoms with Crippen molar-refractivity contribution < 1.29 is 23.5 Å². The Morgan fingerprint density at radius 2 is 1.70 bits per heavy atom. The van der Waals surface area contributed by atoms with Gasteiger partial charge in [0.15, 0.2) is 0 Å². The van der Waals surface area contributed by atoms with Gasteiger partial charge in [-0.3, -0.25) is 9.59 Å². The van der Waals surface area contributed by atoms with Crippen LogP contribution in [0.25, 0.3) is 0 Å². The van der Waals surface area contributed by atoms with Crippen LogP contribution in [0.1, 0.15) is 17.3 Å². The number of halogens is 2. The Kier molecular flexibility index (Phi) is 5.23. The maximum atomic E-state index is 13.1. The van der Waals surface area contributed by atoms with Gasteiger partial charge < -0.3 is 10.1 Å². The molecule has 0 atom stereocenters. The molecule has 8 heteroatoms. The van der Waals surface area contributed by atoms with E-state index in [1.54, 1.807) is 19.1 Å². The molecule has 0 fully saturated rings. The molecule has 0 aliphatic carbocycles. The average molecular weight is 389 g/mol. The number of ether oxygens (including phenoxy) is 1. The second-order valence-electron chi connectivity index (χ2n) is 5.53. The maximum Gasteiger partial charge on any atom is 0.338 e. The van der Waals surface area contributed by atoms with Crippen LogP contribution in [0, 0.1) is 5.82 Å². The summed E-state index contributed by atoms with van der Waals surface area (Å²) in [4.78, 5) is 37.5. The minimum Gasteiger partial charge on any atom is -0.462 e. The van der Waals surface area contributed by atoms with Gasteiger partial charge in [-0.15, -0.1) is 0 Å². The smallest absolute Gasteiger partial charge is 0.338 e. The van der Waals surface area contributed by atoms with Gasteiger partial charge >= 0.3 is 5.97 Å². The lowest BCUT2D eigenvalue weighted by molar-refractivity contribution is -0.120. The molecule has 1 aliphatic rings. The zero-order valence-electron chi connectivity index (χ0n) is 14.2. The van der Waals surface area contributed by atoms with Gasteiger partial charge in [-0.05, 0) is 55.5 Å². The van der Waals surface area contributed by atoms with Gasteiger partial charge in [0.05, 0.1) is 17.9 Å². The molecule has 0 aromatic heterocycles. The summed E-state index contributed by atoms with van der Waals surface area (Å²) < 4.78 is 18.0. The molecule has 2 amide bonds. The van der Waals surface area contributed by atoms with Crippen LogP contribution in [0.5, 0.6) is 0 Å². The zero-order valence-corrected chi connectivity index (χ0v) is 14.9. The zero-order chi connectivity index (χ0) is 19.6. The normalized spacial score (nSPS) is 14.0. The van der Waals surface area contributed by atoms with E-state index in [0.717, 1.165) is 17.0 Å². The van der Waals surface area contributed by atoms with E-state index in [0.29, 0.717) is 11.3 Å². The van der Waals surface area contributed by atoms with Gasteiger partial charge in [0.2, 0.25) is 0 Å². The lowest BCUT2D eigenvalue weighted by atomic mass is 10.2. The molecule has 0 bridgehead atoms. The van der Waals surface area contributed by atoms with Gasteiger partial charge in [-0.2, -0.15) is 0 Å². The Hall–Kier alpha value is -3.19. The molecule has 1 aliphatic heterocycles. The van der Waals surface area contributed by atoms with E-state index in [1.807, 2.05) is 0 Å². The highest BCUT2D eigenvalue weighted by Gasteiger charge is 2.38. The number of hydrogen-bond donors (Lipinski definition) is 1. The summed E-state index contributed by atoms with van der Waals surface area (Å²) in [5.74, 6) is -2.32. The Morgan fingerprint density at radius 3 is 2.30 bits per heavy atom. The predicted octanol–water partition coefficient (Wildman–Crippen LogP) is 3.44. The molecule has 138 valence electrons. The second-order valence-corrected chi connectivity index (χ2v) is 5.91. The largest absolute Gasteiger partial charge is 0.462 e. The third-order valence-corrected chi connectivity index (χ3v) is 4.13. The van der Waals surface area contributed by atoms with Crippen LogP contribution in [-0.2, 0) is 14.3 Å². The number of amides is 2. The number of rotatable bonds is 5. The van der Waals surface area contributed by atoms with Gasteiger partial charge in [0.25, 0.3) is 11.8 Å². The lowest BCUT2D eigenvalue weighted by Crippen LogP contribution is -2.32. The summed E-state index contributed by atoms with van der Waals surface area (Å²) in [6.07, 6.45) is 0. The van der Waals surface area contributed by atoms with Crippen molar-refractivity contribution in [3.8, 4) is 0 Å². The molecule has 0 radical (unpaired) electrons. The van der Waals surface area contributed by atoms with Crippen LogP contribution >= 0.6 is 11.6 Å². The first kappa shape index (κ1) is 18.6. The number of nitrogens with zero attached hydrogens (tertiary/aromatic N) is 1. The molecular formula is C19H14ClFN2O4. The lowest BCUT2D eigenvalue weighted by Gasteiger charge is -2.15. The van der Waals surface area contributed by atoms with Crippen LogP contribution in [-0.4, -0.2) is 24.4 Å². The summed E-state index contributed by atoms with van der Waals surface area (Å²) in [7, 11) is 0. The van der Waals surface area contributed by atoms with E-state index in [1.165, 1.54) is 24.3 Å². The van der Waals surface area contributed by atoms with Gasteiger partial charge in [-0.25, -0.2) is 14.1 Å². The molecular weight excluding hydrogens is 375 g/mol. The second kappa shape index (κ2) is 7.59. The highest BCUT2D eigenvalue weighted by Crippen LogP contribution is 2.30. The summed E-state index contributed by atoms with van der Waals surface area (Å²) in [6, 6.07) is 11.1. The average Bonchev–Trinajstić information content (AvgIpc) is 2.87. The highest BCUT2D eigenvalue weighted by molar-refractivity contribution is 6.53. The van der Waals surface area contributed by atoms with Crippen LogP contribution in [0.3, 0.4) is 0 Å². The number of imide groups is 1. The van der Waals surface area contributed by atoms with Crippen molar-refractivity contribution in [2.45, 2.75) is 6.92 Å². The molecule has 0 saturated heterocycles. The van der Waals surface area contributed by atoms with E-state index >= 15 is 0 Å². The minimum absolute atomic E-state index is 0.102. The fourth-order valence-electron chi connectivity index (χ4n) is 2.48. The summed E-state index contributed by atoms with van der Waals surface area (Å²) in [6.45, 7) is 1.97. The Morgan fingerprint density at radius 1 is 1.07 bits per heavy atom. The summed E-state index contributed by atoms with van der Waals surface area (Å²) >= 11 is 6.03. The number of carbonyl (C=O) groups is 3. The molecule has 27 heavy (non-hydrogen) atoms. The Labute approximate surface area is 159 Å². The molecule has 0 spiro atoms. The first-order chi connectivity index (χ1) is 12.9. The van der Waals surface area contributed by atoms with Crippen molar-refractivity contribution in [3.05, 3.63) is 70.6 Å². The first-order valence-electron chi connectivity index (χ1n) is 8.00.